The molecular weight excluding hydrogens is 278 g/mol. The lowest BCUT2D eigenvalue weighted by Gasteiger charge is -2.27. The molecule has 0 spiro atoms. The van der Waals surface area contributed by atoms with Gasteiger partial charge < -0.3 is 9.42 Å². The van der Waals surface area contributed by atoms with Crippen molar-refractivity contribution >= 4 is 6.21 Å². The molecule has 1 aliphatic rings. The fourth-order valence-corrected chi connectivity index (χ4v) is 2.87. The van der Waals surface area contributed by atoms with Crippen LogP contribution in [0.1, 0.15) is 22.7 Å². The molecule has 0 saturated carbocycles. The van der Waals surface area contributed by atoms with E-state index in [1.54, 1.807) is 4.90 Å². The number of hydrogen-bond acceptors (Lipinski definition) is 4. The molecule has 22 heavy (non-hydrogen) atoms. The van der Waals surface area contributed by atoms with Crippen molar-refractivity contribution in [1.29, 1.82) is 0 Å². The summed E-state index contributed by atoms with van der Waals surface area (Å²) in [4.78, 5) is 1.58. The normalized spacial score (nSPS) is 16.8. The molecule has 2 aromatic rings. The monoisotopic (exact) mass is 302 g/mol. The van der Waals surface area contributed by atoms with Crippen LogP contribution in [0.5, 0.6) is 0 Å². The fraction of sp³-hybridized carbons (Fsp3) is 0.500. The van der Waals surface area contributed by atoms with Crippen LogP contribution in [0.3, 0.4) is 0 Å². The number of likely N-dealkylation sites (N-methyl/N-ethyl adjacent to an activating group) is 1. The van der Waals surface area contributed by atoms with Gasteiger partial charge in [-0.15, -0.1) is 0 Å². The van der Waals surface area contributed by atoms with Crippen LogP contribution in [0.2, 0.25) is 0 Å². The van der Waals surface area contributed by atoms with Crippen LogP contribution in [0.4, 0.5) is 0 Å². The first-order valence-electron chi connectivity index (χ1n) is 7.77. The van der Waals surface area contributed by atoms with Gasteiger partial charge in [-0.25, -0.2) is 0 Å². The van der Waals surface area contributed by atoms with E-state index in [-0.39, 0.29) is 0 Å². The average molecular weight is 302 g/mol. The molecule has 0 bridgehead atoms. The second-order valence-corrected chi connectivity index (χ2v) is 6.11. The van der Waals surface area contributed by atoms with E-state index in [4.69, 9.17) is 4.52 Å². The minimum absolute atomic E-state index is 0.817. The number of nitrogens with one attached hydrogen (secondary N) is 1. The number of nitrogens with zero attached hydrogens (tertiary/aromatic N) is 4. The van der Waals surface area contributed by atoms with Crippen molar-refractivity contribution in [2.75, 3.05) is 33.2 Å². The lowest BCUT2D eigenvalue weighted by atomic mass is 10.3. The third kappa shape index (κ3) is 2.92. The van der Waals surface area contributed by atoms with Crippen molar-refractivity contribution in [2.45, 2.75) is 20.8 Å². The summed E-state index contributed by atoms with van der Waals surface area (Å²) in [6.45, 7) is 10.4. The Bertz CT molecular complexity index is 677. The van der Waals surface area contributed by atoms with Crippen molar-refractivity contribution in [2.24, 2.45) is 5.10 Å². The van der Waals surface area contributed by atoms with E-state index in [1.807, 2.05) is 19.2 Å². The maximum Gasteiger partial charge on any atom is 0.180 e. The number of piperazine rings is 1. The van der Waals surface area contributed by atoms with E-state index in [9.17, 15) is 0 Å². The molecular formula is C16H24N5O+. The zero-order valence-corrected chi connectivity index (χ0v) is 13.8. The van der Waals surface area contributed by atoms with Crippen molar-refractivity contribution in [1.82, 2.24) is 14.7 Å². The number of quaternary nitrogens is 1. The molecule has 1 fully saturated rings. The van der Waals surface area contributed by atoms with Gasteiger partial charge in [0.2, 0.25) is 0 Å². The van der Waals surface area contributed by atoms with Crippen LogP contribution in [0, 0.1) is 20.8 Å². The molecule has 0 unspecified atom stereocenters. The molecule has 3 heterocycles. The summed E-state index contributed by atoms with van der Waals surface area (Å²) in [6.07, 6.45) is 1.96. The Morgan fingerprint density at radius 3 is 2.59 bits per heavy atom. The maximum absolute atomic E-state index is 5.19. The molecule has 2 aromatic heterocycles. The highest BCUT2D eigenvalue weighted by molar-refractivity contribution is 5.81. The molecule has 1 aliphatic heterocycles. The van der Waals surface area contributed by atoms with E-state index in [0.29, 0.717) is 0 Å². The molecule has 0 aromatic carbocycles. The summed E-state index contributed by atoms with van der Waals surface area (Å²) in [5, 5.41) is 10.9. The maximum atomic E-state index is 5.19. The molecule has 0 amide bonds. The molecule has 6 heteroatoms. The Labute approximate surface area is 131 Å². The molecule has 0 radical (unpaired) electrons. The predicted octanol–water partition coefficient (Wildman–Crippen LogP) is 0.555. The fourth-order valence-electron chi connectivity index (χ4n) is 2.87. The Kier molecular flexibility index (Phi) is 4.02. The minimum Gasteiger partial charge on any atom is -0.360 e. The standard InChI is InChI=1S/C16H23N5O/c1-12-9-15(11-17-20-7-5-19(4)6-8-20)14(3)21(12)16-10-13(2)22-18-16/h9-11H,5-8H2,1-4H3/p+1/b17-11-. The zero-order valence-electron chi connectivity index (χ0n) is 13.8. The SMILES string of the molecule is Cc1cc(-n2c(C)cc(/C=N\N3CC[NH+](C)CC3)c2C)no1. The Morgan fingerprint density at radius 2 is 1.95 bits per heavy atom. The number of rotatable bonds is 3. The van der Waals surface area contributed by atoms with Gasteiger partial charge in [0.1, 0.15) is 5.76 Å². The molecule has 0 atom stereocenters. The Hall–Kier alpha value is -2.08. The van der Waals surface area contributed by atoms with Gasteiger partial charge in [-0.05, 0) is 26.8 Å². The summed E-state index contributed by atoms with van der Waals surface area (Å²) in [5.74, 6) is 1.65. The highest BCUT2D eigenvalue weighted by atomic mass is 16.5. The number of hydrogen-bond donors (Lipinski definition) is 1. The van der Waals surface area contributed by atoms with Gasteiger partial charge in [-0.2, -0.15) is 5.10 Å². The van der Waals surface area contributed by atoms with E-state index >= 15 is 0 Å². The van der Waals surface area contributed by atoms with Gasteiger partial charge in [0.15, 0.2) is 5.82 Å². The van der Waals surface area contributed by atoms with Gasteiger partial charge in [0.25, 0.3) is 0 Å². The summed E-state index contributed by atoms with van der Waals surface area (Å²) >= 11 is 0. The zero-order chi connectivity index (χ0) is 15.7. The lowest BCUT2D eigenvalue weighted by Crippen LogP contribution is -3.11. The van der Waals surface area contributed by atoms with Crippen LogP contribution in [0.25, 0.3) is 5.82 Å². The minimum atomic E-state index is 0.817. The smallest absolute Gasteiger partial charge is 0.180 e. The van der Waals surface area contributed by atoms with E-state index in [1.165, 1.54) is 0 Å². The Morgan fingerprint density at radius 1 is 1.23 bits per heavy atom. The first kappa shape index (κ1) is 14.8. The summed E-state index contributed by atoms with van der Waals surface area (Å²) in [6, 6.07) is 4.09. The highest BCUT2D eigenvalue weighted by Crippen LogP contribution is 2.19. The third-order valence-electron chi connectivity index (χ3n) is 4.27. The first-order chi connectivity index (χ1) is 10.5. The highest BCUT2D eigenvalue weighted by Gasteiger charge is 2.15. The summed E-state index contributed by atoms with van der Waals surface area (Å²) in [7, 11) is 2.23. The molecule has 0 aliphatic carbocycles. The van der Waals surface area contributed by atoms with Crippen molar-refractivity contribution in [3.05, 3.63) is 34.8 Å². The molecule has 1 N–H and O–H groups in total. The van der Waals surface area contributed by atoms with Crippen LogP contribution in [-0.4, -0.2) is 54.2 Å². The van der Waals surface area contributed by atoms with Gasteiger partial charge >= 0.3 is 0 Å². The second-order valence-electron chi connectivity index (χ2n) is 6.11. The van der Waals surface area contributed by atoms with Gasteiger partial charge in [0, 0.05) is 23.0 Å². The van der Waals surface area contributed by atoms with E-state index in [0.717, 1.165) is 54.7 Å². The van der Waals surface area contributed by atoms with Gasteiger partial charge in [-0.3, -0.25) is 9.58 Å². The molecule has 6 nitrogen and oxygen atoms in total. The topological polar surface area (TPSA) is 51.0 Å². The molecule has 1 saturated heterocycles. The summed E-state index contributed by atoms with van der Waals surface area (Å²) in [5.41, 5.74) is 3.40. The summed E-state index contributed by atoms with van der Waals surface area (Å²) < 4.78 is 7.29. The lowest BCUT2D eigenvalue weighted by molar-refractivity contribution is -0.884. The Balaban J connectivity index is 1.80. The molecule has 3 rings (SSSR count). The van der Waals surface area contributed by atoms with Crippen molar-refractivity contribution in [3.8, 4) is 5.82 Å². The van der Waals surface area contributed by atoms with E-state index in [2.05, 4.69) is 46.8 Å². The quantitative estimate of drug-likeness (QED) is 0.843. The predicted molar refractivity (Wildman–Crippen MR) is 85.8 cm³/mol. The van der Waals surface area contributed by atoms with Crippen LogP contribution >= 0.6 is 0 Å². The third-order valence-corrected chi connectivity index (χ3v) is 4.27. The average Bonchev–Trinajstić information content (AvgIpc) is 3.02. The number of aryl methyl sites for hydroxylation is 2. The van der Waals surface area contributed by atoms with Crippen LogP contribution in [0.15, 0.2) is 21.8 Å². The van der Waals surface area contributed by atoms with E-state index < -0.39 is 0 Å². The molecule has 118 valence electrons. The first-order valence-corrected chi connectivity index (χ1v) is 7.77. The second kappa shape index (κ2) is 5.96. The van der Waals surface area contributed by atoms with Crippen LogP contribution < -0.4 is 4.90 Å². The largest absolute Gasteiger partial charge is 0.360 e. The van der Waals surface area contributed by atoms with Gasteiger partial charge in [0.05, 0.1) is 39.4 Å². The van der Waals surface area contributed by atoms with Crippen LogP contribution in [-0.2, 0) is 0 Å². The van der Waals surface area contributed by atoms with Crippen molar-refractivity contribution in [3.63, 3.8) is 0 Å². The number of aromatic nitrogens is 2. The van der Waals surface area contributed by atoms with Gasteiger partial charge in [-0.1, -0.05) is 5.16 Å². The van der Waals surface area contributed by atoms with Crippen molar-refractivity contribution < 1.29 is 9.42 Å². The number of hydrazone groups is 1.